The van der Waals surface area contributed by atoms with Gasteiger partial charge in [0.05, 0.1) is 22.3 Å². The summed E-state index contributed by atoms with van der Waals surface area (Å²) in [6.45, 7) is 5.25. The molecule has 0 saturated carbocycles. The Bertz CT molecular complexity index is 649. The van der Waals surface area contributed by atoms with Crippen molar-refractivity contribution < 1.29 is 4.79 Å². The van der Waals surface area contributed by atoms with Crippen LogP contribution in [0.15, 0.2) is 28.7 Å². The third-order valence-electron chi connectivity index (χ3n) is 3.51. The van der Waals surface area contributed by atoms with E-state index in [0.29, 0.717) is 13.0 Å². The first-order chi connectivity index (χ1) is 10.1. The lowest BCUT2D eigenvalue weighted by Crippen LogP contribution is -2.13. The highest BCUT2D eigenvalue weighted by Gasteiger charge is 2.18. The summed E-state index contributed by atoms with van der Waals surface area (Å²) in [5.74, 6) is 0.106. The Morgan fingerprint density at radius 3 is 2.76 bits per heavy atom. The standard InChI is InChI=1S/C16H20BrN3O/c1-3-20-14(16(17)11(2)19-20)10-15(21)13-7-5-4-6-12(13)8-9-18/h4-7H,3,8-10,18H2,1-2H3. The molecule has 0 fully saturated rings. The number of carbonyl (C=O) groups is 1. The van der Waals surface area contributed by atoms with Crippen LogP contribution in [-0.4, -0.2) is 22.1 Å². The van der Waals surface area contributed by atoms with Crippen molar-refractivity contribution in [3.8, 4) is 0 Å². The van der Waals surface area contributed by atoms with Gasteiger partial charge in [0.15, 0.2) is 5.78 Å². The van der Waals surface area contributed by atoms with Gasteiger partial charge in [-0.3, -0.25) is 9.48 Å². The van der Waals surface area contributed by atoms with Crippen LogP contribution in [0, 0.1) is 6.92 Å². The summed E-state index contributed by atoms with van der Waals surface area (Å²) in [4.78, 5) is 12.6. The van der Waals surface area contributed by atoms with Crippen LogP contribution in [0.4, 0.5) is 0 Å². The molecule has 112 valence electrons. The van der Waals surface area contributed by atoms with Gasteiger partial charge >= 0.3 is 0 Å². The van der Waals surface area contributed by atoms with Crippen LogP contribution < -0.4 is 5.73 Å². The second kappa shape index (κ2) is 7.00. The highest BCUT2D eigenvalue weighted by atomic mass is 79.9. The lowest BCUT2D eigenvalue weighted by atomic mass is 9.98. The van der Waals surface area contributed by atoms with E-state index in [4.69, 9.17) is 5.73 Å². The Labute approximate surface area is 133 Å². The Morgan fingerprint density at radius 2 is 2.10 bits per heavy atom. The Morgan fingerprint density at radius 1 is 1.38 bits per heavy atom. The largest absolute Gasteiger partial charge is 0.330 e. The molecule has 2 rings (SSSR count). The number of nitrogens with zero attached hydrogens (tertiary/aromatic N) is 2. The van der Waals surface area contributed by atoms with E-state index in [-0.39, 0.29) is 5.78 Å². The molecule has 1 heterocycles. The molecule has 0 amide bonds. The zero-order valence-corrected chi connectivity index (χ0v) is 14.0. The lowest BCUT2D eigenvalue weighted by molar-refractivity contribution is 0.0989. The van der Waals surface area contributed by atoms with Crippen LogP contribution in [0.3, 0.4) is 0 Å². The van der Waals surface area contributed by atoms with Gasteiger partial charge in [0.25, 0.3) is 0 Å². The summed E-state index contributed by atoms with van der Waals surface area (Å²) in [6.07, 6.45) is 1.06. The number of hydrogen-bond acceptors (Lipinski definition) is 3. The van der Waals surface area contributed by atoms with Gasteiger partial charge in [0, 0.05) is 12.1 Å². The van der Waals surface area contributed by atoms with Crippen molar-refractivity contribution in [2.24, 2.45) is 5.73 Å². The van der Waals surface area contributed by atoms with Crippen molar-refractivity contribution in [3.05, 3.63) is 51.3 Å². The van der Waals surface area contributed by atoms with Gasteiger partial charge in [-0.2, -0.15) is 5.10 Å². The lowest BCUT2D eigenvalue weighted by Gasteiger charge is -2.09. The van der Waals surface area contributed by atoms with Crippen molar-refractivity contribution in [3.63, 3.8) is 0 Å². The maximum absolute atomic E-state index is 12.6. The number of carbonyl (C=O) groups excluding carboxylic acids is 1. The minimum atomic E-state index is 0.106. The zero-order valence-electron chi connectivity index (χ0n) is 12.4. The Kier molecular flexibility index (Phi) is 5.31. The van der Waals surface area contributed by atoms with E-state index >= 15 is 0 Å². The molecule has 1 aromatic heterocycles. The fourth-order valence-corrected chi connectivity index (χ4v) is 2.88. The number of Topliss-reactive ketones (excluding diaryl/α,β-unsaturated/α-hetero) is 1. The summed E-state index contributed by atoms with van der Waals surface area (Å²) in [6, 6.07) is 7.68. The number of benzene rings is 1. The predicted molar refractivity (Wildman–Crippen MR) is 87.6 cm³/mol. The first-order valence-electron chi connectivity index (χ1n) is 7.11. The monoisotopic (exact) mass is 349 g/mol. The van der Waals surface area contributed by atoms with Gasteiger partial charge in [0.2, 0.25) is 0 Å². The van der Waals surface area contributed by atoms with E-state index < -0.39 is 0 Å². The maximum atomic E-state index is 12.6. The Balaban J connectivity index is 2.30. The summed E-state index contributed by atoms with van der Waals surface area (Å²) < 4.78 is 2.80. The molecule has 0 radical (unpaired) electrons. The van der Waals surface area contributed by atoms with Crippen molar-refractivity contribution >= 4 is 21.7 Å². The molecule has 0 spiro atoms. The summed E-state index contributed by atoms with van der Waals surface area (Å²) in [5.41, 5.74) is 9.24. The van der Waals surface area contributed by atoms with Crippen LogP contribution in [0.5, 0.6) is 0 Å². The van der Waals surface area contributed by atoms with Gasteiger partial charge in [-0.1, -0.05) is 24.3 Å². The van der Waals surface area contributed by atoms with E-state index in [1.165, 1.54) is 0 Å². The minimum Gasteiger partial charge on any atom is -0.330 e. The number of aromatic nitrogens is 2. The normalized spacial score (nSPS) is 10.9. The van der Waals surface area contributed by atoms with Crippen molar-refractivity contribution in [1.82, 2.24) is 9.78 Å². The molecule has 21 heavy (non-hydrogen) atoms. The number of hydrogen-bond donors (Lipinski definition) is 1. The fourth-order valence-electron chi connectivity index (χ4n) is 2.45. The SMILES string of the molecule is CCn1nc(C)c(Br)c1CC(=O)c1ccccc1CCN. The topological polar surface area (TPSA) is 60.9 Å². The second-order valence-electron chi connectivity index (χ2n) is 4.96. The fraction of sp³-hybridized carbons (Fsp3) is 0.375. The number of rotatable bonds is 6. The molecule has 1 aromatic carbocycles. The maximum Gasteiger partial charge on any atom is 0.169 e. The molecule has 5 heteroatoms. The average molecular weight is 350 g/mol. The van der Waals surface area contributed by atoms with Gasteiger partial charge in [0.1, 0.15) is 0 Å². The molecule has 2 N–H and O–H groups in total. The molecule has 4 nitrogen and oxygen atoms in total. The third kappa shape index (κ3) is 3.41. The summed E-state index contributed by atoms with van der Waals surface area (Å²) in [7, 11) is 0. The number of halogens is 1. The number of nitrogens with two attached hydrogens (primary N) is 1. The first-order valence-corrected chi connectivity index (χ1v) is 7.90. The van der Waals surface area contributed by atoms with Crippen LogP contribution in [0.1, 0.15) is 34.2 Å². The number of aryl methyl sites for hydroxylation is 2. The average Bonchev–Trinajstić information content (AvgIpc) is 2.76. The Hall–Kier alpha value is -1.46. The van der Waals surface area contributed by atoms with Crippen LogP contribution in [0.25, 0.3) is 0 Å². The molecule has 0 aliphatic rings. The quantitative estimate of drug-likeness (QED) is 0.815. The molecule has 0 saturated heterocycles. The molecule has 0 bridgehead atoms. The van der Waals surface area contributed by atoms with Gasteiger partial charge in [-0.25, -0.2) is 0 Å². The van der Waals surface area contributed by atoms with Crippen molar-refractivity contribution in [2.45, 2.75) is 33.2 Å². The van der Waals surface area contributed by atoms with Crippen LogP contribution in [-0.2, 0) is 19.4 Å². The summed E-state index contributed by atoms with van der Waals surface area (Å²) >= 11 is 3.54. The first kappa shape index (κ1) is 15.9. The zero-order chi connectivity index (χ0) is 15.4. The van der Waals surface area contributed by atoms with E-state index in [2.05, 4.69) is 21.0 Å². The minimum absolute atomic E-state index is 0.106. The van der Waals surface area contributed by atoms with Gasteiger partial charge in [-0.15, -0.1) is 0 Å². The molecule has 0 aliphatic carbocycles. The second-order valence-corrected chi connectivity index (χ2v) is 5.75. The molecule has 0 aliphatic heterocycles. The number of ketones is 1. The molecule has 0 unspecified atom stereocenters. The smallest absolute Gasteiger partial charge is 0.169 e. The van der Waals surface area contributed by atoms with Crippen molar-refractivity contribution in [2.75, 3.05) is 6.54 Å². The predicted octanol–water partition coefficient (Wildman–Crippen LogP) is 2.90. The molecular formula is C16H20BrN3O. The molecule has 2 aromatic rings. The highest BCUT2D eigenvalue weighted by molar-refractivity contribution is 9.10. The van der Waals surface area contributed by atoms with Crippen molar-refractivity contribution in [1.29, 1.82) is 0 Å². The van der Waals surface area contributed by atoms with E-state index in [0.717, 1.165) is 40.0 Å². The van der Waals surface area contributed by atoms with E-state index in [1.54, 1.807) is 0 Å². The van der Waals surface area contributed by atoms with Crippen LogP contribution in [0.2, 0.25) is 0 Å². The van der Waals surface area contributed by atoms with E-state index in [9.17, 15) is 4.79 Å². The summed E-state index contributed by atoms with van der Waals surface area (Å²) in [5, 5.41) is 4.43. The van der Waals surface area contributed by atoms with Gasteiger partial charge in [-0.05, 0) is 48.3 Å². The highest BCUT2D eigenvalue weighted by Crippen LogP contribution is 2.23. The van der Waals surface area contributed by atoms with E-state index in [1.807, 2.05) is 42.8 Å². The third-order valence-corrected chi connectivity index (χ3v) is 4.54. The molecule has 0 atom stereocenters. The van der Waals surface area contributed by atoms with Crippen LogP contribution >= 0.6 is 15.9 Å². The van der Waals surface area contributed by atoms with Gasteiger partial charge < -0.3 is 5.73 Å². The molecular weight excluding hydrogens is 330 g/mol.